The highest BCUT2D eigenvalue weighted by Gasteiger charge is 2.39. The third-order valence-electron chi connectivity index (χ3n) is 6.12. The van der Waals surface area contributed by atoms with Crippen LogP contribution in [-0.2, 0) is 32.1 Å². The number of H-pyrrole nitrogens is 1. The number of aromatic nitrogens is 2. The normalized spacial score (nSPS) is 16.8. The number of nitrogens with one attached hydrogen (secondary N) is 4. The molecule has 6 N–H and O–H groups in total. The molecule has 1 aliphatic heterocycles. The van der Waals surface area contributed by atoms with Crippen LogP contribution in [0.25, 0.3) is 10.9 Å². The summed E-state index contributed by atoms with van der Waals surface area (Å²) in [5.74, 6) is -5.53. The fourth-order valence-electron chi connectivity index (χ4n) is 4.00. The van der Waals surface area contributed by atoms with Crippen LogP contribution in [0.3, 0.4) is 0 Å². The predicted molar refractivity (Wildman–Crippen MR) is 148 cm³/mol. The molecule has 1 fully saturated rings. The van der Waals surface area contributed by atoms with Crippen LogP contribution >= 0.6 is 11.6 Å². The van der Waals surface area contributed by atoms with Gasteiger partial charge in [0.15, 0.2) is 0 Å². The molecule has 246 valence electrons. The number of pyridine rings is 1. The zero-order valence-corrected chi connectivity index (χ0v) is 24.1. The molecule has 3 aromatic rings. The first-order chi connectivity index (χ1) is 20.9. The van der Waals surface area contributed by atoms with Crippen LogP contribution < -0.4 is 16.0 Å². The van der Waals surface area contributed by atoms with Gasteiger partial charge in [-0.2, -0.15) is 26.3 Å². The van der Waals surface area contributed by atoms with Crippen molar-refractivity contribution in [3.63, 3.8) is 0 Å². The van der Waals surface area contributed by atoms with Gasteiger partial charge in [-0.15, -0.1) is 0 Å². The second-order valence-corrected chi connectivity index (χ2v) is 10.1. The van der Waals surface area contributed by atoms with Gasteiger partial charge in [-0.3, -0.25) is 14.6 Å². The molecule has 45 heavy (non-hydrogen) atoms. The molecular formula is C27H28ClF6N5O6. The summed E-state index contributed by atoms with van der Waals surface area (Å²) in [5.41, 5.74) is 3.03. The zero-order chi connectivity index (χ0) is 33.9. The lowest BCUT2D eigenvalue weighted by Crippen LogP contribution is -2.49. The Hall–Kier alpha value is -4.38. The molecule has 0 saturated carbocycles. The number of fused-ring (bicyclic) bond motifs is 1. The van der Waals surface area contributed by atoms with Gasteiger partial charge < -0.3 is 31.1 Å². The Morgan fingerprint density at radius 3 is 2.22 bits per heavy atom. The number of amides is 2. The summed E-state index contributed by atoms with van der Waals surface area (Å²) in [6.07, 6.45) is -5.08. The average molecular weight is 668 g/mol. The van der Waals surface area contributed by atoms with Gasteiger partial charge >= 0.3 is 24.3 Å². The van der Waals surface area contributed by atoms with Crippen molar-refractivity contribution in [2.75, 3.05) is 6.54 Å². The Labute approximate surface area is 256 Å². The van der Waals surface area contributed by atoms with Gasteiger partial charge in [0.1, 0.15) is 6.04 Å². The molecule has 3 atom stereocenters. The van der Waals surface area contributed by atoms with Crippen LogP contribution in [0.2, 0.25) is 5.02 Å². The molecule has 0 bridgehead atoms. The summed E-state index contributed by atoms with van der Waals surface area (Å²) < 4.78 is 63.5. The number of carboxylic acids is 2. The summed E-state index contributed by atoms with van der Waals surface area (Å²) >= 11 is 6.06. The van der Waals surface area contributed by atoms with Crippen molar-refractivity contribution in [1.82, 2.24) is 25.9 Å². The van der Waals surface area contributed by atoms with Crippen LogP contribution in [0, 0.1) is 5.92 Å². The van der Waals surface area contributed by atoms with E-state index in [1.165, 1.54) is 5.56 Å². The maximum atomic E-state index is 12.6. The molecule has 0 unspecified atom stereocenters. The second-order valence-electron chi connectivity index (χ2n) is 9.71. The highest BCUT2D eigenvalue weighted by Crippen LogP contribution is 2.21. The summed E-state index contributed by atoms with van der Waals surface area (Å²) in [5, 5.41) is 24.9. The molecule has 1 saturated heterocycles. The van der Waals surface area contributed by atoms with E-state index in [4.69, 9.17) is 31.4 Å². The number of carboxylic acid groups (broad SMARTS) is 2. The van der Waals surface area contributed by atoms with Gasteiger partial charge in [0.2, 0.25) is 11.8 Å². The number of carbonyl (C=O) groups excluding carboxylic acids is 2. The first-order valence-electron chi connectivity index (χ1n) is 12.9. The summed E-state index contributed by atoms with van der Waals surface area (Å²) in [7, 11) is 0. The van der Waals surface area contributed by atoms with E-state index in [0.29, 0.717) is 12.5 Å². The minimum atomic E-state index is -5.08. The van der Waals surface area contributed by atoms with Crippen LogP contribution in [0.5, 0.6) is 0 Å². The Morgan fingerprint density at radius 1 is 1.04 bits per heavy atom. The van der Waals surface area contributed by atoms with Gasteiger partial charge in [0, 0.05) is 34.0 Å². The third kappa shape index (κ3) is 12.6. The number of aliphatic carboxylic acids is 2. The fourth-order valence-corrected chi connectivity index (χ4v) is 4.22. The molecule has 2 amide bonds. The van der Waals surface area contributed by atoms with Crippen molar-refractivity contribution in [2.45, 2.75) is 50.7 Å². The molecular weight excluding hydrogens is 640 g/mol. The van der Waals surface area contributed by atoms with Crippen molar-refractivity contribution in [3.05, 3.63) is 65.1 Å². The lowest BCUT2D eigenvalue weighted by molar-refractivity contribution is -0.193. The number of hydrogen-bond acceptors (Lipinski definition) is 6. The Balaban J connectivity index is 0.000000421. The van der Waals surface area contributed by atoms with E-state index in [1.54, 1.807) is 19.3 Å². The van der Waals surface area contributed by atoms with Crippen molar-refractivity contribution in [2.24, 2.45) is 5.92 Å². The first kappa shape index (κ1) is 36.8. The number of benzene rings is 1. The van der Waals surface area contributed by atoms with Crippen molar-refractivity contribution >= 4 is 46.3 Å². The van der Waals surface area contributed by atoms with Gasteiger partial charge in [-0.05, 0) is 62.1 Å². The van der Waals surface area contributed by atoms with E-state index < -0.39 is 30.3 Å². The molecule has 18 heteroatoms. The van der Waals surface area contributed by atoms with Gasteiger partial charge in [-0.25, -0.2) is 9.59 Å². The first-order valence-corrected chi connectivity index (χ1v) is 13.3. The molecule has 0 radical (unpaired) electrons. The van der Waals surface area contributed by atoms with Crippen LogP contribution in [0.4, 0.5) is 26.3 Å². The number of aromatic amines is 1. The molecule has 4 rings (SSSR count). The Morgan fingerprint density at radius 2 is 1.67 bits per heavy atom. The zero-order valence-electron chi connectivity index (χ0n) is 23.3. The highest BCUT2D eigenvalue weighted by atomic mass is 35.5. The molecule has 3 heterocycles. The molecule has 0 spiro atoms. The van der Waals surface area contributed by atoms with Gasteiger partial charge in [0.05, 0.1) is 12.6 Å². The Kier molecular flexibility index (Phi) is 13.2. The minimum absolute atomic E-state index is 0.145. The van der Waals surface area contributed by atoms with Gasteiger partial charge in [-0.1, -0.05) is 23.7 Å². The van der Waals surface area contributed by atoms with Crippen LogP contribution in [0.15, 0.2) is 48.8 Å². The molecule has 0 aliphatic carbocycles. The summed E-state index contributed by atoms with van der Waals surface area (Å²) in [6, 6.07) is 10.7. The smallest absolute Gasteiger partial charge is 0.475 e. The largest absolute Gasteiger partial charge is 0.490 e. The van der Waals surface area contributed by atoms with Gasteiger partial charge in [0.25, 0.3) is 0 Å². The fraction of sp³-hybridized carbons (Fsp3) is 0.370. The maximum absolute atomic E-state index is 12.6. The van der Waals surface area contributed by atoms with E-state index >= 15 is 0 Å². The number of carbonyl (C=O) groups is 4. The molecule has 1 aromatic carbocycles. The van der Waals surface area contributed by atoms with Crippen molar-refractivity contribution in [3.8, 4) is 0 Å². The van der Waals surface area contributed by atoms with Crippen LogP contribution in [-0.4, -0.2) is 74.9 Å². The predicted octanol–water partition coefficient (Wildman–Crippen LogP) is 3.82. The number of alkyl halides is 6. The maximum Gasteiger partial charge on any atom is 0.490 e. The average Bonchev–Trinajstić information content (AvgIpc) is 3.58. The summed E-state index contributed by atoms with van der Waals surface area (Å²) in [6.45, 7) is 2.82. The topological polar surface area (TPSA) is 174 Å². The highest BCUT2D eigenvalue weighted by molar-refractivity contribution is 6.30. The second kappa shape index (κ2) is 16.1. The van der Waals surface area contributed by atoms with E-state index in [9.17, 15) is 35.9 Å². The molecule has 11 nitrogen and oxygen atoms in total. The molecule has 1 aliphatic rings. The SMILES string of the molecule is C[C@H](NC(=O)[C@H]1C[C@H](Cc2cccc(Cl)c2)CN1)C(=O)NCc1cc2cnccc2[nH]1.O=C(O)C(F)(F)F.O=C(O)C(F)(F)F. The Bertz CT molecular complexity index is 1430. The van der Waals surface area contributed by atoms with Crippen molar-refractivity contribution < 1.29 is 55.7 Å². The quantitative estimate of drug-likeness (QED) is 0.206. The monoisotopic (exact) mass is 667 g/mol. The molecule has 2 aromatic heterocycles. The van der Waals surface area contributed by atoms with Crippen LogP contribution in [0.1, 0.15) is 24.6 Å². The standard InChI is InChI=1S/C23H26ClN5O2.2C2HF3O2/c1-14(22(30)27-13-19-10-17-12-25-6-5-20(17)29-19)28-23(31)21-9-16(11-26-21)7-15-3-2-4-18(24)8-15;2*3-2(4,5)1(6)7/h2-6,8,10,12,14,16,21,26,29H,7,9,11,13H2,1H3,(H,27,30)(H,28,31);2*(H,6,7)/t14-,16-,21+;;/m0../s1. The number of nitrogens with zero attached hydrogens (tertiary/aromatic N) is 1. The number of hydrogen-bond donors (Lipinski definition) is 6. The van der Waals surface area contributed by atoms with E-state index in [-0.39, 0.29) is 17.9 Å². The van der Waals surface area contributed by atoms with E-state index in [2.05, 4.69) is 32.0 Å². The number of halogens is 7. The summed E-state index contributed by atoms with van der Waals surface area (Å²) in [4.78, 5) is 50.2. The van der Waals surface area contributed by atoms with Crippen molar-refractivity contribution in [1.29, 1.82) is 0 Å². The number of rotatable bonds is 7. The lowest BCUT2D eigenvalue weighted by Gasteiger charge is -2.17. The van der Waals surface area contributed by atoms with E-state index in [0.717, 1.165) is 41.0 Å². The minimum Gasteiger partial charge on any atom is -0.475 e. The third-order valence-corrected chi connectivity index (χ3v) is 6.35. The lowest BCUT2D eigenvalue weighted by atomic mass is 9.96. The van der Waals surface area contributed by atoms with E-state index in [1.807, 2.05) is 30.3 Å².